The predicted octanol–water partition coefficient (Wildman–Crippen LogP) is 3.99. The Hall–Kier alpha value is -3.12. The molecule has 0 saturated heterocycles. The standard InChI is InChI=1S/C19H15ClN2O4/c1-11(23)22-10-16(15-7-6-13(20)9-17(15)22)18(24)21-14-5-3-4-12(8-14)19(25)26-2/h3-10H,1-2H3,(H,21,24). The Bertz CT molecular complexity index is 1040. The summed E-state index contributed by atoms with van der Waals surface area (Å²) in [5.74, 6) is -1.13. The number of nitrogens with zero attached hydrogens (tertiary/aromatic N) is 1. The van der Waals surface area contributed by atoms with Gasteiger partial charge in [0.15, 0.2) is 0 Å². The van der Waals surface area contributed by atoms with E-state index < -0.39 is 11.9 Å². The number of aromatic nitrogens is 1. The van der Waals surface area contributed by atoms with E-state index in [-0.39, 0.29) is 5.91 Å². The lowest BCUT2D eigenvalue weighted by atomic mass is 10.1. The van der Waals surface area contributed by atoms with Gasteiger partial charge in [0.1, 0.15) is 0 Å². The van der Waals surface area contributed by atoms with Crippen molar-refractivity contribution in [3.05, 3.63) is 64.8 Å². The second-order valence-electron chi connectivity index (χ2n) is 5.62. The lowest BCUT2D eigenvalue weighted by Crippen LogP contribution is -2.12. The highest BCUT2D eigenvalue weighted by Gasteiger charge is 2.18. The molecule has 1 aromatic heterocycles. The molecule has 1 N–H and O–H groups in total. The summed E-state index contributed by atoms with van der Waals surface area (Å²) in [5.41, 5.74) is 1.65. The van der Waals surface area contributed by atoms with Gasteiger partial charge < -0.3 is 10.1 Å². The van der Waals surface area contributed by atoms with Crippen LogP contribution in [-0.4, -0.2) is 29.5 Å². The quantitative estimate of drug-likeness (QED) is 0.707. The molecule has 0 bridgehead atoms. The van der Waals surface area contributed by atoms with E-state index in [0.717, 1.165) is 0 Å². The van der Waals surface area contributed by atoms with E-state index in [1.54, 1.807) is 36.4 Å². The number of hydrogen-bond acceptors (Lipinski definition) is 4. The fourth-order valence-electron chi connectivity index (χ4n) is 2.68. The molecule has 3 rings (SSSR count). The highest BCUT2D eigenvalue weighted by Crippen LogP contribution is 2.26. The number of anilines is 1. The average molecular weight is 371 g/mol. The number of carbonyl (C=O) groups is 3. The normalized spacial score (nSPS) is 10.6. The van der Waals surface area contributed by atoms with Gasteiger partial charge in [-0.3, -0.25) is 14.2 Å². The van der Waals surface area contributed by atoms with Crippen LogP contribution in [-0.2, 0) is 4.74 Å². The van der Waals surface area contributed by atoms with Crippen molar-refractivity contribution in [3.63, 3.8) is 0 Å². The second-order valence-corrected chi connectivity index (χ2v) is 6.06. The highest BCUT2D eigenvalue weighted by atomic mass is 35.5. The molecule has 132 valence electrons. The molecule has 1 amide bonds. The lowest BCUT2D eigenvalue weighted by Gasteiger charge is -2.06. The number of esters is 1. The van der Waals surface area contributed by atoms with Crippen molar-refractivity contribution in [2.45, 2.75) is 6.92 Å². The number of halogens is 1. The number of carbonyl (C=O) groups excluding carboxylic acids is 3. The molecule has 0 aliphatic heterocycles. The van der Waals surface area contributed by atoms with Crippen LogP contribution < -0.4 is 5.32 Å². The van der Waals surface area contributed by atoms with Gasteiger partial charge in [-0.1, -0.05) is 23.7 Å². The average Bonchev–Trinajstić information content (AvgIpc) is 3.00. The zero-order valence-electron chi connectivity index (χ0n) is 14.1. The van der Waals surface area contributed by atoms with Crippen LogP contribution in [0.15, 0.2) is 48.7 Å². The molecule has 3 aromatic rings. The molecule has 2 aromatic carbocycles. The van der Waals surface area contributed by atoms with Crippen LogP contribution in [0.4, 0.5) is 5.69 Å². The molecule has 0 atom stereocenters. The summed E-state index contributed by atoms with van der Waals surface area (Å²) in [6.45, 7) is 1.40. The third kappa shape index (κ3) is 3.32. The van der Waals surface area contributed by atoms with Crippen LogP contribution in [0.1, 0.15) is 32.4 Å². The molecule has 0 aliphatic carbocycles. The number of methoxy groups -OCH3 is 1. The van der Waals surface area contributed by atoms with Crippen molar-refractivity contribution in [2.75, 3.05) is 12.4 Å². The summed E-state index contributed by atoms with van der Waals surface area (Å²) >= 11 is 6.01. The monoisotopic (exact) mass is 370 g/mol. The van der Waals surface area contributed by atoms with Gasteiger partial charge in [-0.25, -0.2) is 4.79 Å². The van der Waals surface area contributed by atoms with Gasteiger partial charge in [0.05, 0.1) is 23.8 Å². The predicted molar refractivity (Wildman–Crippen MR) is 99.0 cm³/mol. The summed E-state index contributed by atoms with van der Waals surface area (Å²) in [6.07, 6.45) is 1.48. The second kappa shape index (κ2) is 7.01. The van der Waals surface area contributed by atoms with Crippen molar-refractivity contribution in [2.24, 2.45) is 0 Å². The molecule has 7 heteroatoms. The Kier molecular flexibility index (Phi) is 4.77. The lowest BCUT2D eigenvalue weighted by molar-refractivity contribution is 0.0600. The summed E-state index contributed by atoms with van der Waals surface area (Å²) in [4.78, 5) is 36.2. The number of benzene rings is 2. The minimum atomic E-state index is -0.496. The molecule has 0 aliphatic rings. The molecule has 0 spiro atoms. The molecule has 0 unspecified atom stereocenters. The Balaban J connectivity index is 1.98. The zero-order valence-corrected chi connectivity index (χ0v) is 14.8. The Morgan fingerprint density at radius 3 is 2.58 bits per heavy atom. The van der Waals surface area contributed by atoms with E-state index in [0.29, 0.717) is 32.7 Å². The van der Waals surface area contributed by atoms with Crippen LogP contribution in [0.5, 0.6) is 0 Å². The van der Waals surface area contributed by atoms with Crippen molar-refractivity contribution >= 4 is 46.0 Å². The fraction of sp³-hybridized carbons (Fsp3) is 0.105. The summed E-state index contributed by atoms with van der Waals surface area (Å²) in [6, 6.07) is 11.4. The first-order chi connectivity index (χ1) is 12.4. The Morgan fingerprint density at radius 2 is 1.88 bits per heavy atom. The number of amides is 1. The van der Waals surface area contributed by atoms with Crippen LogP contribution in [0, 0.1) is 0 Å². The van der Waals surface area contributed by atoms with Gasteiger partial charge in [-0.05, 0) is 30.3 Å². The smallest absolute Gasteiger partial charge is 0.337 e. The fourth-order valence-corrected chi connectivity index (χ4v) is 2.85. The first-order valence-electron chi connectivity index (χ1n) is 7.72. The van der Waals surface area contributed by atoms with Gasteiger partial charge in [-0.2, -0.15) is 0 Å². The van der Waals surface area contributed by atoms with Gasteiger partial charge in [0.2, 0.25) is 5.91 Å². The van der Waals surface area contributed by atoms with Gasteiger partial charge in [0.25, 0.3) is 5.91 Å². The summed E-state index contributed by atoms with van der Waals surface area (Å²) in [7, 11) is 1.29. The van der Waals surface area contributed by atoms with E-state index in [4.69, 9.17) is 11.6 Å². The number of rotatable bonds is 3. The molecule has 0 radical (unpaired) electrons. The molecular formula is C19H15ClN2O4. The maximum absolute atomic E-state index is 12.7. The largest absolute Gasteiger partial charge is 0.465 e. The van der Waals surface area contributed by atoms with Gasteiger partial charge in [0, 0.05) is 29.2 Å². The topological polar surface area (TPSA) is 77.4 Å². The van der Waals surface area contributed by atoms with Crippen LogP contribution in [0.25, 0.3) is 10.9 Å². The molecule has 26 heavy (non-hydrogen) atoms. The number of nitrogens with one attached hydrogen (secondary N) is 1. The van der Waals surface area contributed by atoms with Gasteiger partial charge in [-0.15, -0.1) is 0 Å². The van der Waals surface area contributed by atoms with Crippen LogP contribution in [0.2, 0.25) is 5.02 Å². The Morgan fingerprint density at radius 1 is 1.12 bits per heavy atom. The van der Waals surface area contributed by atoms with Crippen LogP contribution in [0.3, 0.4) is 0 Å². The van der Waals surface area contributed by atoms with E-state index in [9.17, 15) is 14.4 Å². The third-order valence-electron chi connectivity index (χ3n) is 3.89. The molecule has 0 saturated carbocycles. The number of fused-ring (bicyclic) bond motifs is 1. The van der Waals surface area contributed by atoms with E-state index in [1.807, 2.05) is 0 Å². The first-order valence-corrected chi connectivity index (χ1v) is 8.10. The van der Waals surface area contributed by atoms with E-state index in [2.05, 4.69) is 10.1 Å². The minimum Gasteiger partial charge on any atom is -0.465 e. The van der Waals surface area contributed by atoms with Crippen LogP contribution >= 0.6 is 11.6 Å². The zero-order chi connectivity index (χ0) is 18.8. The molecule has 0 fully saturated rings. The third-order valence-corrected chi connectivity index (χ3v) is 4.13. The Labute approximate surface area is 154 Å². The van der Waals surface area contributed by atoms with Crippen molar-refractivity contribution in [3.8, 4) is 0 Å². The minimum absolute atomic E-state index is 0.232. The number of ether oxygens (including phenoxy) is 1. The molecule has 1 heterocycles. The maximum atomic E-state index is 12.7. The van der Waals surface area contributed by atoms with Crippen molar-refractivity contribution in [1.29, 1.82) is 0 Å². The molecule has 6 nitrogen and oxygen atoms in total. The van der Waals surface area contributed by atoms with Gasteiger partial charge >= 0.3 is 5.97 Å². The SMILES string of the molecule is COC(=O)c1cccc(NC(=O)c2cn(C(C)=O)c3cc(Cl)ccc23)c1. The first kappa shape index (κ1) is 17.7. The van der Waals surface area contributed by atoms with E-state index >= 15 is 0 Å². The van der Waals surface area contributed by atoms with Crippen molar-refractivity contribution in [1.82, 2.24) is 4.57 Å². The highest BCUT2D eigenvalue weighted by molar-refractivity contribution is 6.31. The maximum Gasteiger partial charge on any atom is 0.337 e. The van der Waals surface area contributed by atoms with E-state index in [1.165, 1.54) is 30.9 Å². The summed E-state index contributed by atoms with van der Waals surface area (Å²) in [5, 5.41) is 3.80. The number of hydrogen-bond donors (Lipinski definition) is 1. The molecular weight excluding hydrogens is 356 g/mol. The van der Waals surface area contributed by atoms with Crippen molar-refractivity contribution < 1.29 is 19.1 Å². The summed E-state index contributed by atoms with van der Waals surface area (Å²) < 4.78 is 6.05.